The van der Waals surface area contributed by atoms with E-state index in [0.717, 1.165) is 22.9 Å². The van der Waals surface area contributed by atoms with Crippen molar-refractivity contribution in [1.29, 1.82) is 0 Å². The number of carbonyl (C=O) groups excluding carboxylic acids is 1. The standard InChI is InChI=1S/C12H17BrO2/c1-3-5-6-7-10(13)11-9(4-2)8-15-12(11)14/h4,9H,2-3,5-8H2,1H3/b11-10+. The largest absolute Gasteiger partial charge is 0.461 e. The zero-order valence-corrected chi connectivity index (χ0v) is 10.7. The van der Waals surface area contributed by atoms with Crippen LogP contribution in [0.25, 0.3) is 0 Å². The van der Waals surface area contributed by atoms with Crippen LogP contribution in [0.1, 0.15) is 32.6 Å². The van der Waals surface area contributed by atoms with Crippen LogP contribution in [0, 0.1) is 5.92 Å². The molecule has 1 aliphatic rings. The van der Waals surface area contributed by atoms with E-state index in [9.17, 15) is 4.79 Å². The second kappa shape index (κ2) is 6.11. The number of esters is 1. The molecule has 0 amide bonds. The smallest absolute Gasteiger partial charge is 0.335 e. The van der Waals surface area contributed by atoms with Crippen LogP contribution in [-0.2, 0) is 9.53 Å². The molecular formula is C12H17BrO2. The van der Waals surface area contributed by atoms with Gasteiger partial charge in [-0.3, -0.25) is 0 Å². The van der Waals surface area contributed by atoms with Gasteiger partial charge in [-0.15, -0.1) is 6.58 Å². The molecule has 0 spiro atoms. The topological polar surface area (TPSA) is 26.3 Å². The Kier molecular flexibility index (Phi) is 5.09. The van der Waals surface area contributed by atoms with Crippen molar-refractivity contribution in [2.75, 3.05) is 6.61 Å². The first-order chi connectivity index (χ1) is 7.20. The molecule has 1 rings (SSSR count). The summed E-state index contributed by atoms with van der Waals surface area (Å²) < 4.78 is 5.99. The third-order valence-corrected chi connectivity index (χ3v) is 3.38. The highest BCUT2D eigenvalue weighted by atomic mass is 79.9. The summed E-state index contributed by atoms with van der Waals surface area (Å²) in [6.45, 7) is 6.33. The third-order valence-electron chi connectivity index (χ3n) is 2.56. The van der Waals surface area contributed by atoms with Crippen LogP contribution in [0.3, 0.4) is 0 Å². The zero-order valence-electron chi connectivity index (χ0n) is 9.09. The van der Waals surface area contributed by atoms with E-state index in [-0.39, 0.29) is 11.9 Å². The highest BCUT2D eigenvalue weighted by Crippen LogP contribution is 2.31. The lowest BCUT2D eigenvalue weighted by atomic mass is 10.0. The Morgan fingerprint density at radius 2 is 2.40 bits per heavy atom. The van der Waals surface area contributed by atoms with Crippen molar-refractivity contribution in [2.45, 2.75) is 32.6 Å². The average Bonchev–Trinajstić information content (AvgIpc) is 2.59. The Labute approximate surface area is 99.5 Å². The molecule has 1 saturated heterocycles. The van der Waals surface area contributed by atoms with Crippen LogP contribution >= 0.6 is 15.9 Å². The molecule has 0 radical (unpaired) electrons. The number of ether oxygens (including phenoxy) is 1. The predicted molar refractivity (Wildman–Crippen MR) is 64.7 cm³/mol. The van der Waals surface area contributed by atoms with Crippen molar-refractivity contribution in [3.8, 4) is 0 Å². The maximum atomic E-state index is 11.5. The lowest BCUT2D eigenvalue weighted by Gasteiger charge is -2.05. The molecule has 1 atom stereocenters. The first-order valence-electron chi connectivity index (χ1n) is 5.39. The number of cyclic esters (lactones) is 1. The van der Waals surface area contributed by atoms with Gasteiger partial charge in [0.2, 0.25) is 0 Å². The van der Waals surface area contributed by atoms with E-state index in [1.165, 1.54) is 12.8 Å². The van der Waals surface area contributed by atoms with Crippen LogP contribution in [0.15, 0.2) is 22.7 Å². The molecule has 0 aromatic carbocycles. The molecule has 84 valence electrons. The van der Waals surface area contributed by atoms with E-state index in [4.69, 9.17) is 4.74 Å². The van der Waals surface area contributed by atoms with Crippen LogP contribution in [0.5, 0.6) is 0 Å². The monoisotopic (exact) mass is 272 g/mol. The van der Waals surface area contributed by atoms with Crippen molar-refractivity contribution in [3.63, 3.8) is 0 Å². The van der Waals surface area contributed by atoms with Gasteiger partial charge >= 0.3 is 5.97 Å². The maximum absolute atomic E-state index is 11.5. The molecule has 1 aliphatic heterocycles. The summed E-state index contributed by atoms with van der Waals surface area (Å²) in [5, 5.41) is 0. The molecule has 1 heterocycles. The summed E-state index contributed by atoms with van der Waals surface area (Å²) >= 11 is 3.49. The van der Waals surface area contributed by atoms with Gasteiger partial charge in [-0.25, -0.2) is 4.79 Å². The van der Waals surface area contributed by atoms with Crippen LogP contribution in [0.4, 0.5) is 0 Å². The Bertz CT molecular complexity index is 281. The molecule has 0 aliphatic carbocycles. The molecule has 0 bridgehead atoms. The van der Waals surface area contributed by atoms with E-state index in [1.807, 2.05) is 0 Å². The van der Waals surface area contributed by atoms with Gasteiger partial charge < -0.3 is 4.74 Å². The van der Waals surface area contributed by atoms with Crippen molar-refractivity contribution >= 4 is 21.9 Å². The van der Waals surface area contributed by atoms with Crippen LogP contribution < -0.4 is 0 Å². The van der Waals surface area contributed by atoms with Crippen LogP contribution in [0.2, 0.25) is 0 Å². The minimum absolute atomic E-state index is 0.0634. The van der Waals surface area contributed by atoms with Gasteiger partial charge in [0.15, 0.2) is 0 Å². The minimum atomic E-state index is -0.191. The number of halogens is 1. The number of allylic oxidation sites excluding steroid dienone is 1. The number of carbonyl (C=O) groups is 1. The number of unbranched alkanes of at least 4 members (excludes halogenated alkanes) is 2. The Balaban J connectivity index is 2.67. The summed E-state index contributed by atoms with van der Waals surface area (Å²) in [6.07, 6.45) is 6.18. The molecule has 1 fully saturated rings. The summed E-state index contributed by atoms with van der Waals surface area (Å²) in [6, 6.07) is 0. The molecule has 3 heteroatoms. The Morgan fingerprint density at radius 3 is 3.00 bits per heavy atom. The van der Waals surface area contributed by atoms with Gasteiger partial charge in [-0.1, -0.05) is 41.8 Å². The molecule has 0 aromatic rings. The van der Waals surface area contributed by atoms with Gasteiger partial charge in [-0.05, 0) is 12.8 Å². The number of hydrogen-bond donors (Lipinski definition) is 0. The molecule has 0 aromatic heterocycles. The average molecular weight is 273 g/mol. The van der Waals surface area contributed by atoms with Gasteiger partial charge in [0, 0.05) is 10.4 Å². The van der Waals surface area contributed by atoms with E-state index >= 15 is 0 Å². The quantitative estimate of drug-likeness (QED) is 0.331. The lowest BCUT2D eigenvalue weighted by Crippen LogP contribution is -2.02. The SMILES string of the molecule is C=CC1COC(=O)/C1=C(/Br)CCCCC. The maximum Gasteiger partial charge on any atom is 0.335 e. The molecule has 0 N–H and O–H groups in total. The van der Waals surface area contributed by atoms with Crippen LogP contribution in [-0.4, -0.2) is 12.6 Å². The van der Waals surface area contributed by atoms with Crippen molar-refractivity contribution < 1.29 is 9.53 Å². The zero-order chi connectivity index (χ0) is 11.3. The van der Waals surface area contributed by atoms with Crippen molar-refractivity contribution in [2.24, 2.45) is 5.92 Å². The number of rotatable bonds is 5. The van der Waals surface area contributed by atoms with Crippen molar-refractivity contribution in [1.82, 2.24) is 0 Å². The fourth-order valence-electron chi connectivity index (χ4n) is 1.64. The summed E-state index contributed by atoms with van der Waals surface area (Å²) in [4.78, 5) is 11.5. The second-order valence-electron chi connectivity index (χ2n) is 3.72. The fourth-order valence-corrected chi connectivity index (χ4v) is 2.38. The first-order valence-corrected chi connectivity index (χ1v) is 6.18. The molecule has 1 unspecified atom stereocenters. The summed E-state index contributed by atoms with van der Waals surface area (Å²) in [7, 11) is 0. The Hall–Kier alpha value is -0.570. The summed E-state index contributed by atoms with van der Waals surface area (Å²) in [5.41, 5.74) is 0.765. The van der Waals surface area contributed by atoms with Crippen molar-refractivity contribution in [3.05, 3.63) is 22.7 Å². The fraction of sp³-hybridized carbons (Fsp3) is 0.583. The summed E-state index contributed by atoms with van der Waals surface area (Å²) in [5.74, 6) is -0.128. The normalized spacial score (nSPS) is 23.9. The molecule has 0 saturated carbocycles. The second-order valence-corrected chi connectivity index (χ2v) is 4.67. The molecule has 15 heavy (non-hydrogen) atoms. The highest BCUT2D eigenvalue weighted by Gasteiger charge is 2.30. The molecule has 2 nitrogen and oxygen atoms in total. The highest BCUT2D eigenvalue weighted by molar-refractivity contribution is 9.11. The first kappa shape index (κ1) is 12.5. The third kappa shape index (κ3) is 3.20. The lowest BCUT2D eigenvalue weighted by molar-refractivity contribution is -0.135. The predicted octanol–water partition coefficient (Wildman–Crippen LogP) is 3.57. The Morgan fingerprint density at radius 1 is 1.67 bits per heavy atom. The van der Waals surface area contributed by atoms with Gasteiger partial charge in [0.25, 0.3) is 0 Å². The molecular weight excluding hydrogens is 256 g/mol. The van der Waals surface area contributed by atoms with E-state index in [0.29, 0.717) is 6.61 Å². The van der Waals surface area contributed by atoms with E-state index in [1.54, 1.807) is 6.08 Å². The van der Waals surface area contributed by atoms with E-state index in [2.05, 4.69) is 29.4 Å². The van der Waals surface area contributed by atoms with Gasteiger partial charge in [0.05, 0.1) is 5.57 Å². The van der Waals surface area contributed by atoms with E-state index < -0.39 is 0 Å². The minimum Gasteiger partial charge on any atom is -0.461 e. The number of hydrogen-bond acceptors (Lipinski definition) is 2. The van der Waals surface area contributed by atoms with Gasteiger partial charge in [-0.2, -0.15) is 0 Å². The van der Waals surface area contributed by atoms with Gasteiger partial charge in [0.1, 0.15) is 6.61 Å².